The predicted octanol–water partition coefficient (Wildman–Crippen LogP) is -1.26. The molecule has 2 rings (SSSR count). The van der Waals surface area contributed by atoms with Gasteiger partial charge in [0.05, 0.1) is 28.4 Å². The molecular weight excluding hydrogens is 355 g/mol. The van der Waals surface area contributed by atoms with Crippen molar-refractivity contribution in [3.05, 3.63) is 35.4 Å². The first-order valence-electron chi connectivity index (χ1n) is 6.90. The minimum absolute atomic E-state index is 0. The van der Waals surface area contributed by atoms with Crippen molar-refractivity contribution in [1.82, 2.24) is 0 Å². The summed E-state index contributed by atoms with van der Waals surface area (Å²) in [7, 11) is 5.60. The Balaban J connectivity index is 0.00000312. The van der Waals surface area contributed by atoms with E-state index in [1.807, 2.05) is 0 Å². The maximum Gasteiger partial charge on any atom is 1.00 e. The van der Waals surface area contributed by atoms with Gasteiger partial charge >= 0.3 is 51.4 Å². The number of hydrogen-bond acceptors (Lipinski definition) is 7. The van der Waals surface area contributed by atoms with Gasteiger partial charge in [-0.2, -0.15) is 0 Å². The van der Waals surface area contributed by atoms with Crippen molar-refractivity contribution in [2.24, 2.45) is 0 Å². The smallest absolute Gasteiger partial charge is 0.869 e. The van der Waals surface area contributed by atoms with E-state index in [1.54, 1.807) is 0 Å². The molecule has 0 bridgehead atoms. The zero-order valence-corrected chi connectivity index (χ0v) is 17.8. The van der Waals surface area contributed by atoms with Crippen LogP contribution in [0.5, 0.6) is 34.5 Å². The van der Waals surface area contributed by atoms with Crippen LogP contribution in [0.3, 0.4) is 0 Å². The van der Waals surface area contributed by atoms with Crippen LogP contribution >= 0.6 is 0 Å². The van der Waals surface area contributed by atoms with Gasteiger partial charge in [0, 0.05) is 11.1 Å². The van der Waals surface area contributed by atoms with Crippen LogP contribution in [-0.4, -0.2) is 39.3 Å². The normalized spacial score (nSPS) is 9.76. The number of carbonyl (C=O) groups excluding carboxylic acids is 1. The van der Waals surface area contributed by atoms with Crippen LogP contribution in [0.15, 0.2) is 24.3 Å². The molecule has 0 saturated carbocycles. The molecule has 0 spiro atoms. The van der Waals surface area contributed by atoms with Crippen molar-refractivity contribution < 1.29 is 85.3 Å². The van der Waals surface area contributed by atoms with E-state index in [-0.39, 0.29) is 79.8 Å². The summed E-state index contributed by atoms with van der Waals surface area (Å²) in [5, 5.41) is 22.0. The Hall–Kier alpha value is -1.45. The summed E-state index contributed by atoms with van der Waals surface area (Å²) in [4.78, 5) is 12.7. The second-order valence-corrected chi connectivity index (χ2v) is 4.74. The molecule has 0 amide bonds. The Morgan fingerprint density at radius 3 is 1.88 bits per heavy atom. The third-order valence-corrected chi connectivity index (χ3v) is 3.49. The van der Waals surface area contributed by atoms with E-state index in [1.165, 1.54) is 52.7 Å². The van der Waals surface area contributed by atoms with Gasteiger partial charge in [-0.3, -0.25) is 4.79 Å². The molecule has 0 radical (unpaired) electrons. The first-order chi connectivity index (χ1) is 11.5. The molecule has 25 heavy (non-hydrogen) atoms. The van der Waals surface area contributed by atoms with Crippen molar-refractivity contribution in [1.29, 1.82) is 0 Å². The molecule has 0 unspecified atom stereocenters. The number of rotatable bonds is 6. The van der Waals surface area contributed by atoms with Crippen molar-refractivity contribution in [3.8, 4) is 34.5 Å². The first-order valence-corrected chi connectivity index (χ1v) is 6.90. The van der Waals surface area contributed by atoms with Gasteiger partial charge in [-0.05, 0) is 24.3 Å². The van der Waals surface area contributed by atoms with E-state index in [0.29, 0.717) is 5.75 Å². The Kier molecular flexibility index (Phi) is 8.03. The molecule has 1 N–H and O–H groups in total. The van der Waals surface area contributed by atoms with Gasteiger partial charge in [-0.25, -0.2) is 0 Å². The van der Waals surface area contributed by atoms with Gasteiger partial charge in [0.25, 0.3) is 0 Å². The van der Waals surface area contributed by atoms with Crippen molar-refractivity contribution in [3.63, 3.8) is 0 Å². The number of phenols is 1. The number of ketones is 1. The van der Waals surface area contributed by atoms with Gasteiger partial charge in [-0.1, -0.05) is 5.75 Å². The van der Waals surface area contributed by atoms with Gasteiger partial charge in [0.2, 0.25) is 5.75 Å². The van der Waals surface area contributed by atoms with E-state index in [0.717, 1.165) is 0 Å². The fourth-order valence-corrected chi connectivity index (χ4v) is 2.26. The minimum Gasteiger partial charge on any atom is -0.869 e. The van der Waals surface area contributed by atoms with E-state index in [9.17, 15) is 15.0 Å². The Bertz CT molecular complexity index is 749. The van der Waals surface area contributed by atoms with Crippen LogP contribution in [0.25, 0.3) is 0 Å². The summed E-state index contributed by atoms with van der Waals surface area (Å²) >= 11 is 0. The molecule has 2 aromatic carbocycles. The number of hydrogen-bond donors (Lipinski definition) is 1. The van der Waals surface area contributed by atoms with E-state index >= 15 is 0 Å². The summed E-state index contributed by atoms with van der Waals surface area (Å²) in [5.74, 6) is -1.12. The van der Waals surface area contributed by atoms with Crippen LogP contribution in [0, 0.1) is 0 Å². The molecule has 0 aliphatic carbocycles. The first kappa shape index (κ1) is 21.6. The number of aromatic hydroxyl groups is 1. The molecule has 0 saturated heterocycles. The second kappa shape index (κ2) is 9.30. The number of carbonyl (C=O) groups is 1. The third-order valence-electron chi connectivity index (χ3n) is 3.49. The van der Waals surface area contributed by atoms with Crippen LogP contribution in [-0.2, 0) is 0 Å². The molecule has 0 heterocycles. The molecular formula is C17H17KO7. The Morgan fingerprint density at radius 2 is 1.44 bits per heavy atom. The molecule has 128 valence electrons. The van der Waals surface area contributed by atoms with Crippen LogP contribution < -0.4 is 75.4 Å². The minimum atomic E-state index is -0.812. The van der Waals surface area contributed by atoms with E-state index in [4.69, 9.17) is 18.9 Å². The molecule has 0 aliphatic heterocycles. The van der Waals surface area contributed by atoms with Gasteiger partial charge in [0.15, 0.2) is 23.0 Å². The topological polar surface area (TPSA) is 97.3 Å². The average Bonchev–Trinajstić information content (AvgIpc) is 2.61. The number of ether oxygens (including phenoxy) is 4. The quantitative estimate of drug-likeness (QED) is 0.499. The third kappa shape index (κ3) is 4.21. The van der Waals surface area contributed by atoms with E-state index < -0.39 is 17.3 Å². The standard InChI is InChI=1S/C17H18O7.K/c1-21-11-6-5-10(15(19)16(11)20)14(18)9-7-12(22-2)17(24-4)13(8-9)23-3;/h5-8,19-20H,1-4H3;/q;+1/p-1. The van der Waals surface area contributed by atoms with Gasteiger partial charge < -0.3 is 29.2 Å². The number of methoxy groups -OCH3 is 4. The molecule has 2 aromatic rings. The summed E-state index contributed by atoms with van der Waals surface area (Å²) < 4.78 is 20.4. The Morgan fingerprint density at radius 1 is 0.920 bits per heavy atom. The predicted molar refractivity (Wildman–Crippen MR) is 83.6 cm³/mol. The molecule has 8 heteroatoms. The Labute approximate surface area is 187 Å². The molecule has 0 fully saturated rings. The van der Waals surface area contributed by atoms with Crippen molar-refractivity contribution >= 4 is 5.78 Å². The molecule has 0 aromatic heterocycles. The summed E-state index contributed by atoms with van der Waals surface area (Å²) in [6, 6.07) is 5.52. The van der Waals surface area contributed by atoms with Crippen LogP contribution in [0.2, 0.25) is 0 Å². The average molecular weight is 372 g/mol. The van der Waals surface area contributed by atoms with Crippen molar-refractivity contribution in [2.75, 3.05) is 28.4 Å². The zero-order valence-electron chi connectivity index (χ0n) is 14.7. The zero-order chi connectivity index (χ0) is 17.9. The monoisotopic (exact) mass is 372 g/mol. The van der Waals surface area contributed by atoms with Crippen LogP contribution in [0.1, 0.15) is 15.9 Å². The largest absolute Gasteiger partial charge is 1.00 e. The van der Waals surface area contributed by atoms with Gasteiger partial charge in [0.1, 0.15) is 5.75 Å². The van der Waals surface area contributed by atoms with Crippen molar-refractivity contribution in [2.45, 2.75) is 0 Å². The fourth-order valence-electron chi connectivity index (χ4n) is 2.26. The maximum atomic E-state index is 12.7. The van der Waals surface area contributed by atoms with Crippen LogP contribution in [0.4, 0.5) is 0 Å². The molecule has 7 nitrogen and oxygen atoms in total. The van der Waals surface area contributed by atoms with Gasteiger partial charge in [-0.15, -0.1) is 0 Å². The summed E-state index contributed by atoms with van der Waals surface area (Å²) in [6.45, 7) is 0. The molecule has 0 atom stereocenters. The number of benzene rings is 2. The summed E-state index contributed by atoms with van der Waals surface area (Å²) in [5.41, 5.74) is -0.0336. The summed E-state index contributed by atoms with van der Waals surface area (Å²) in [6.07, 6.45) is 0. The second-order valence-electron chi connectivity index (χ2n) is 4.74. The fraction of sp³-hybridized carbons (Fsp3) is 0.235. The van der Waals surface area contributed by atoms with E-state index in [2.05, 4.69) is 0 Å². The molecule has 0 aliphatic rings. The number of phenolic OH excluding ortho intramolecular Hbond substituents is 1. The SMILES string of the molecule is COc1ccc(C(=O)c2cc(OC)c(OC)c(OC)c2)c([O-])c1O.[K+]. The maximum absolute atomic E-state index is 12.7.